The Labute approximate surface area is 126 Å². The average molecular weight is 302 g/mol. The van der Waals surface area contributed by atoms with E-state index in [1.54, 1.807) is 0 Å². The number of phenolic OH excluding ortho intramolecular Hbond substituents is 3. The third-order valence-corrected chi connectivity index (χ3v) is 3.66. The quantitative estimate of drug-likeness (QED) is 0.787. The molecule has 114 valence electrons. The summed E-state index contributed by atoms with van der Waals surface area (Å²) >= 11 is 0. The van der Waals surface area contributed by atoms with E-state index >= 15 is 0 Å². The van der Waals surface area contributed by atoms with Crippen molar-refractivity contribution in [1.82, 2.24) is 0 Å². The first kappa shape index (κ1) is 14.1. The minimum Gasteiger partial charge on any atom is -0.508 e. The summed E-state index contributed by atoms with van der Waals surface area (Å²) in [6.45, 7) is 0.0246. The number of fused-ring (bicyclic) bond motifs is 1. The second-order valence-electron chi connectivity index (χ2n) is 4.99. The number of methoxy groups -OCH3 is 1. The van der Waals surface area contributed by atoms with Gasteiger partial charge >= 0.3 is 0 Å². The van der Waals surface area contributed by atoms with Gasteiger partial charge in [-0.2, -0.15) is 0 Å². The molecule has 1 atom stereocenters. The Kier molecular flexibility index (Phi) is 3.29. The number of benzene rings is 2. The molecule has 1 heterocycles. The van der Waals surface area contributed by atoms with Crippen LogP contribution in [-0.4, -0.2) is 34.8 Å². The predicted octanol–water partition coefficient (Wildman–Crippen LogP) is 2.17. The number of aromatic hydroxyl groups is 3. The fourth-order valence-corrected chi connectivity index (χ4v) is 2.52. The number of phenols is 3. The largest absolute Gasteiger partial charge is 0.508 e. The zero-order valence-electron chi connectivity index (χ0n) is 11.7. The number of ether oxygens (including phenoxy) is 2. The molecule has 1 aliphatic heterocycles. The van der Waals surface area contributed by atoms with E-state index in [1.807, 2.05) is 0 Å². The Hall–Kier alpha value is -2.89. The monoisotopic (exact) mass is 302 g/mol. The number of Topliss-reactive ketones (excluding diaryl/α,β-unsaturated/α-hetero) is 1. The molecule has 0 radical (unpaired) electrons. The summed E-state index contributed by atoms with van der Waals surface area (Å²) in [5.41, 5.74) is 0.652. The van der Waals surface area contributed by atoms with E-state index in [0.717, 1.165) is 6.07 Å². The molecule has 0 aromatic heterocycles. The average Bonchev–Trinajstić information content (AvgIpc) is 2.48. The van der Waals surface area contributed by atoms with Crippen LogP contribution < -0.4 is 9.47 Å². The number of ketones is 1. The molecule has 3 N–H and O–H groups in total. The molecular weight excluding hydrogens is 288 g/mol. The van der Waals surface area contributed by atoms with Crippen molar-refractivity contribution >= 4 is 5.78 Å². The zero-order chi connectivity index (χ0) is 15.9. The molecule has 0 amide bonds. The van der Waals surface area contributed by atoms with Gasteiger partial charge in [-0.1, -0.05) is 0 Å². The van der Waals surface area contributed by atoms with Gasteiger partial charge in [0.2, 0.25) is 0 Å². The Morgan fingerprint density at radius 2 is 1.91 bits per heavy atom. The second-order valence-corrected chi connectivity index (χ2v) is 4.99. The van der Waals surface area contributed by atoms with Crippen molar-refractivity contribution < 1.29 is 29.6 Å². The van der Waals surface area contributed by atoms with Crippen molar-refractivity contribution in [3.8, 4) is 28.7 Å². The van der Waals surface area contributed by atoms with Gasteiger partial charge in [0.25, 0.3) is 0 Å². The molecule has 0 spiro atoms. The molecule has 0 aliphatic carbocycles. The fourth-order valence-electron chi connectivity index (χ4n) is 2.52. The maximum atomic E-state index is 12.6. The van der Waals surface area contributed by atoms with E-state index in [4.69, 9.17) is 9.47 Å². The highest BCUT2D eigenvalue weighted by Crippen LogP contribution is 2.41. The van der Waals surface area contributed by atoms with E-state index in [9.17, 15) is 20.1 Å². The minimum atomic E-state index is -0.716. The third kappa shape index (κ3) is 2.18. The molecular formula is C16H14O6. The van der Waals surface area contributed by atoms with Crippen molar-refractivity contribution in [2.75, 3.05) is 13.7 Å². The number of hydrogen-bond donors (Lipinski definition) is 3. The zero-order valence-corrected chi connectivity index (χ0v) is 11.7. The molecule has 22 heavy (non-hydrogen) atoms. The van der Waals surface area contributed by atoms with Crippen LogP contribution >= 0.6 is 0 Å². The Morgan fingerprint density at radius 1 is 1.14 bits per heavy atom. The molecule has 6 nitrogen and oxygen atoms in total. The van der Waals surface area contributed by atoms with Gasteiger partial charge in [0.05, 0.1) is 18.6 Å². The molecule has 0 fully saturated rings. The Bertz CT molecular complexity index is 753. The SMILES string of the molecule is COc1cc([C@@H]2COc3cc(O)ccc3C2=O)c(O)cc1O. The summed E-state index contributed by atoms with van der Waals surface area (Å²) < 4.78 is 10.5. The normalized spacial score (nSPS) is 16.8. The van der Waals surface area contributed by atoms with E-state index in [0.29, 0.717) is 16.9 Å². The first-order valence-electron chi connectivity index (χ1n) is 6.61. The summed E-state index contributed by atoms with van der Waals surface area (Å²) in [7, 11) is 1.38. The van der Waals surface area contributed by atoms with Crippen LogP contribution in [0.1, 0.15) is 21.8 Å². The highest BCUT2D eigenvalue weighted by Gasteiger charge is 2.32. The van der Waals surface area contributed by atoms with Gasteiger partial charge in [0.1, 0.15) is 23.9 Å². The van der Waals surface area contributed by atoms with Gasteiger partial charge < -0.3 is 24.8 Å². The summed E-state index contributed by atoms with van der Waals surface area (Å²) in [5, 5.41) is 29.1. The molecule has 6 heteroatoms. The highest BCUT2D eigenvalue weighted by atomic mass is 16.5. The third-order valence-electron chi connectivity index (χ3n) is 3.66. The molecule has 2 aromatic rings. The molecule has 0 unspecified atom stereocenters. The van der Waals surface area contributed by atoms with Gasteiger partial charge in [-0.15, -0.1) is 0 Å². The maximum Gasteiger partial charge on any atom is 0.177 e. The lowest BCUT2D eigenvalue weighted by atomic mass is 9.88. The summed E-state index contributed by atoms with van der Waals surface area (Å²) in [6, 6.07) is 6.81. The number of carbonyl (C=O) groups excluding carboxylic acids is 1. The van der Waals surface area contributed by atoms with Gasteiger partial charge in [-0.3, -0.25) is 4.79 Å². The van der Waals surface area contributed by atoms with E-state index in [2.05, 4.69) is 0 Å². The van der Waals surface area contributed by atoms with Crippen molar-refractivity contribution in [2.45, 2.75) is 5.92 Å². The van der Waals surface area contributed by atoms with Crippen LogP contribution in [0.3, 0.4) is 0 Å². The van der Waals surface area contributed by atoms with E-state index in [1.165, 1.54) is 31.4 Å². The smallest absolute Gasteiger partial charge is 0.177 e. The number of rotatable bonds is 2. The van der Waals surface area contributed by atoms with Gasteiger partial charge in [-0.05, 0) is 18.2 Å². The highest BCUT2D eigenvalue weighted by molar-refractivity contribution is 6.04. The lowest BCUT2D eigenvalue weighted by molar-refractivity contribution is 0.0893. The van der Waals surface area contributed by atoms with E-state index < -0.39 is 5.92 Å². The standard InChI is InChI=1S/C16H14O6/c1-21-15-5-10(12(18)6-13(15)19)11-7-22-14-4-8(17)2-3-9(14)16(11)20/h2-6,11,17-19H,7H2,1H3/t11-/m0/s1. The van der Waals surface area contributed by atoms with Crippen LogP contribution in [0.5, 0.6) is 28.7 Å². The lowest BCUT2D eigenvalue weighted by Gasteiger charge is -2.25. The van der Waals surface area contributed by atoms with Crippen molar-refractivity contribution in [3.05, 3.63) is 41.5 Å². The molecule has 0 saturated carbocycles. The van der Waals surface area contributed by atoms with Crippen molar-refractivity contribution in [2.24, 2.45) is 0 Å². The number of hydrogen-bond acceptors (Lipinski definition) is 6. The number of carbonyl (C=O) groups is 1. The summed E-state index contributed by atoms with van der Waals surface area (Å²) in [4.78, 5) is 12.6. The second kappa shape index (κ2) is 5.14. The van der Waals surface area contributed by atoms with Crippen molar-refractivity contribution in [3.63, 3.8) is 0 Å². The lowest BCUT2D eigenvalue weighted by Crippen LogP contribution is -2.26. The predicted molar refractivity (Wildman–Crippen MR) is 77.0 cm³/mol. The Morgan fingerprint density at radius 3 is 2.64 bits per heavy atom. The van der Waals surface area contributed by atoms with Gasteiger partial charge in [-0.25, -0.2) is 0 Å². The molecule has 2 aromatic carbocycles. The minimum absolute atomic E-state index is 0.0131. The van der Waals surface area contributed by atoms with Gasteiger partial charge in [0, 0.05) is 17.7 Å². The van der Waals surface area contributed by atoms with Crippen LogP contribution in [0.25, 0.3) is 0 Å². The molecule has 0 saturated heterocycles. The van der Waals surface area contributed by atoms with Crippen molar-refractivity contribution in [1.29, 1.82) is 0 Å². The first-order valence-corrected chi connectivity index (χ1v) is 6.61. The van der Waals surface area contributed by atoms with Crippen LogP contribution in [-0.2, 0) is 0 Å². The Balaban J connectivity index is 2.04. The van der Waals surface area contributed by atoms with Crippen LogP contribution in [0, 0.1) is 0 Å². The fraction of sp³-hybridized carbons (Fsp3) is 0.188. The topological polar surface area (TPSA) is 96.2 Å². The van der Waals surface area contributed by atoms with E-state index in [-0.39, 0.29) is 35.4 Å². The van der Waals surface area contributed by atoms with Gasteiger partial charge in [0.15, 0.2) is 17.3 Å². The maximum absolute atomic E-state index is 12.6. The van der Waals surface area contributed by atoms with Crippen LogP contribution in [0.4, 0.5) is 0 Å². The summed E-state index contributed by atoms with van der Waals surface area (Å²) in [6.07, 6.45) is 0. The van der Waals surface area contributed by atoms with Crippen LogP contribution in [0.2, 0.25) is 0 Å². The summed E-state index contributed by atoms with van der Waals surface area (Å²) in [5.74, 6) is -0.876. The van der Waals surface area contributed by atoms with Crippen LogP contribution in [0.15, 0.2) is 30.3 Å². The first-order chi connectivity index (χ1) is 10.5. The molecule has 0 bridgehead atoms. The molecule has 3 rings (SSSR count). The molecule has 1 aliphatic rings.